The Labute approximate surface area is 200 Å². The van der Waals surface area contributed by atoms with E-state index in [2.05, 4.69) is 33.4 Å². The number of allylic oxidation sites excluding steroid dienone is 1. The fraction of sp³-hybridized carbons (Fsp3) is 0.370. The first-order valence-corrected chi connectivity index (χ1v) is 13.2. The topological polar surface area (TPSA) is 60.7 Å². The number of nitrogens with zero attached hydrogens (tertiary/aromatic N) is 1. The predicted molar refractivity (Wildman–Crippen MR) is 135 cm³/mol. The summed E-state index contributed by atoms with van der Waals surface area (Å²) in [5, 5.41) is 10.5. The van der Waals surface area contributed by atoms with E-state index in [9.17, 15) is 5.26 Å². The van der Waals surface area contributed by atoms with E-state index >= 15 is 0 Å². The highest BCUT2D eigenvalue weighted by Gasteiger charge is 2.38. The van der Waals surface area contributed by atoms with E-state index < -0.39 is 14.6 Å². The highest BCUT2D eigenvalue weighted by Crippen LogP contribution is 2.43. The van der Waals surface area contributed by atoms with Gasteiger partial charge in [0.15, 0.2) is 5.60 Å². The zero-order valence-electron chi connectivity index (χ0n) is 20.7. The van der Waals surface area contributed by atoms with Crippen LogP contribution in [-0.4, -0.2) is 29.9 Å². The Balaban J connectivity index is 2.74. The first kappa shape index (κ1) is 26.2. The van der Waals surface area contributed by atoms with E-state index in [1.54, 1.807) is 26.4 Å². The van der Waals surface area contributed by atoms with E-state index in [0.29, 0.717) is 23.7 Å². The average Bonchev–Trinajstić information content (AvgIpc) is 2.79. The van der Waals surface area contributed by atoms with E-state index in [-0.39, 0.29) is 5.41 Å². The smallest absolute Gasteiger partial charge is 0.208 e. The molecule has 6 heteroatoms. The summed E-state index contributed by atoms with van der Waals surface area (Å²) in [6.07, 6.45) is 3.65. The van der Waals surface area contributed by atoms with Crippen LogP contribution in [0.5, 0.6) is 17.2 Å². The lowest BCUT2D eigenvalue weighted by atomic mass is 9.78. The summed E-state index contributed by atoms with van der Waals surface area (Å²) >= 11 is 0. The lowest BCUT2D eigenvalue weighted by molar-refractivity contribution is 0.178. The number of hydrogen-bond acceptors (Lipinski definition) is 5. The van der Waals surface area contributed by atoms with Crippen molar-refractivity contribution in [3.63, 3.8) is 0 Å². The summed E-state index contributed by atoms with van der Waals surface area (Å²) in [5.74, 6) is 1.95. The molecular formula is C27H34NO4Si. The molecular weight excluding hydrogens is 430 g/mol. The third-order valence-electron chi connectivity index (χ3n) is 5.03. The molecule has 0 aliphatic carbocycles. The van der Waals surface area contributed by atoms with Gasteiger partial charge in [0.05, 0.1) is 14.2 Å². The molecule has 2 rings (SSSR count). The van der Waals surface area contributed by atoms with Crippen LogP contribution in [0.25, 0.3) is 5.57 Å². The van der Waals surface area contributed by atoms with Crippen molar-refractivity contribution in [1.82, 2.24) is 0 Å². The van der Waals surface area contributed by atoms with Gasteiger partial charge >= 0.3 is 0 Å². The number of nitriles is 1. The van der Waals surface area contributed by atoms with Crippen molar-refractivity contribution in [2.24, 2.45) is 5.41 Å². The van der Waals surface area contributed by atoms with Gasteiger partial charge in [-0.25, -0.2) is 0 Å². The van der Waals surface area contributed by atoms with E-state index in [1.165, 1.54) is 0 Å². The SMILES string of the molecule is C=CCOc1ccc(/C(=C/C(C#N)(O[Si](C)C)c2ccc(OC)cc2OC)C(C)(C)C)cc1. The van der Waals surface area contributed by atoms with Gasteiger partial charge in [0.2, 0.25) is 9.04 Å². The molecule has 0 amide bonds. The Morgan fingerprint density at radius 2 is 1.67 bits per heavy atom. The van der Waals surface area contributed by atoms with Crippen LogP contribution in [0.3, 0.4) is 0 Å². The van der Waals surface area contributed by atoms with Crippen molar-refractivity contribution >= 4 is 14.6 Å². The van der Waals surface area contributed by atoms with Crippen molar-refractivity contribution < 1.29 is 18.6 Å². The van der Waals surface area contributed by atoms with Gasteiger partial charge in [-0.3, -0.25) is 0 Å². The third kappa shape index (κ3) is 6.50. The molecule has 1 radical (unpaired) electrons. The van der Waals surface area contributed by atoms with Crippen molar-refractivity contribution in [3.05, 3.63) is 72.3 Å². The van der Waals surface area contributed by atoms with Crippen molar-refractivity contribution in [1.29, 1.82) is 5.26 Å². The Morgan fingerprint density at radius 3 is 2.15 bits per heavy atom. The highest BCUT2D eigenvalue weighted by molar-refractivity contribution is 6.48. The highest BCUT2D eigenvalue weighted by atomic mass is 28.3. The molecule has 0 heterocycles. The molecule has 1 atom stereocenters. The van der Waals surface area contributed by atoms with E-state index in [4.69, 9.17) is 18.6 Å². The Hall–Kier alpha value is -3.01. The standard InChI is InChI=1S/C27H34NO4Si/c1-9-16-31-21-12-10-20(11-13-21)24(26(2,3)4)18-27(19-28,32-33(7)8)23-15-14-22(29-5)17-25(23)30-6/h9-15,17-18H,1,16H2,2-8H3/b24-18-. The lowest BCUT2D eigenvalue weighted by Crippen LogP contribution is -2.32. The summed E-state index contributed by atoms with van der Waals surface area (Å²) in [6.45, 7) is 14.5. The van der Waals surface area contributed by atoms with Crippen LogP contribution in [0.4, 0.5) is 0 Å². The molecule has 0 N–H and O–H groups in total. The van der Waals surface area contributed by atoms with Crippen LogP contribution in [0.2, 0.25) is 13.1 Å². The summed E-state index contributed by atoms with van der Waals surface area (Å²) in [4.78, 5) is 0. The second kappa shape index (κ2) is 11.2. The fourth-order valence-corrected chi connectivity index (χ4v) is 4.39. The number of methoxy groups -OCH3 is 2. The van der Waals surface area contributed by atoms with Gasteiger partial charge in [0.1, 0.15) is 29.9 Å². The zero-order valence-corrected chi connectivity index (χ0v) is 21.7. The van der Waals surface area contributed by atoms with Gasteiger partial charge in [-0.05, 0) is 60.0 Å². The second-order valence-electron chi connectivity index (χ2n) is 8.86. The summed E-state index contributed by atoms with van der Waals surface area (Å²) < 4.78 is 23.1. The number of hydrogen-bond donors (Lipinski definition) is 0. The van der Waals surface area contributed by atoms with E-state index in [1.807, 2.05) is 55.6 Å². The maximum Gasteiger partial charge on any atom is 0.208 e. The molecule has 0 saturated heterocycles. The normalized spacial score (nSPS) is 13.7. The number of rotatable bonds is 10. The van der Waals surface area contributed by atoms with Gasteiger partial charge in [-0.1, -0.05) is 45.6 Å². The molecule has 33 heavy (non-hydrogen) atoms. The van der Waals surface area contributed by atoms with Crippen LogP contribution in [-0.2, 0) is 10.0 Å². The first-order valence-electron chi connectivity index (χ1n) is 10.8. The summed E-state index contributed by atoms with van der Waals surface area (Å²) in [5.41, 5.74) is 1.04. The minimum absolute atomic E-state index is 0.261. The quantitative estimate of drug-likeness (QED) is 0.301. The van der Waals surface area contributed by atoms with Gasteiger partial charge in [-0.15, -0.1) is 0 Å². The van der Waals surface area contributed by atoms with Gasteiger partial charge in [0.25, 0.3) is 0 Å². The Morgan fingerprint density at radius 1 is 1.03 bits per heavy atom. The molecule has 0 fully saturated rings. The Kier molecular flexibility index (Phi) is 8.92. The average molecular weight is 465 g/mol. The van der Waals surface area contributed by atoms with E-state index in [0.717, 1.165) is 16.9 Å². The lowest BCUT2D eigenvalue weighted by Gasteiger charge is -2.32. The Bertz CT molecular complexity index is 1020. The van der Waals surface area contributed by atoms with Gasteiger partial charge in [0, 0.05) is 11.6 Å². The molecule has 1 unspecified atom stereocenters. The summed E-state index contributed by atoms with van der Waals surface area (Å²) in [6, 6.07) is 15.8. The first-order chi connectivity index (χ1) is 15.6. The maximum absolute atomic E-state index is 10.5. The van der Waals surface area contributed by atoms with Crippen molar-refractivity contribution in [3.8, 4) is 23.3 Å². The van der Waals surface area contributed by atoms with Crippen LogP contribution in [0.15, 0.2) is 61.2 Å². The molecule has 175 valence electrons. The van der Waals surface area contributed by atoms with Gasteiger partial charge in [-0.2, -0.15) is 5.26 Å². The number of benzene rings is 2. The molecule has 0 spiro atoms. The predicted octanol–water partition coefficient (Wildman–Crippen LogP) is 6.38. The minimum Gasteiger partial charge on any atom is -0.497 e. The molecule has 0 aromatic heterocycles. The molecule has 0 bridgehead atoms. The molecule has 0 aliphatic heterocycles. The molecule has 2 aromatic rings. The monoisotopic (exact) mass is 464 g/mol. The molecule has 0 aliphatic rings. The van der Waals surface area contributed by atoms with Crippen LogP contribution in [0, 0.1) is 16.7 Å². The second-order valence-corrected chi connectivity index (χ2v) is 10.9. The minimum atomic E-state index is -1.32. The third-order valence-corrected chi connectivity index (χ3v) is 5.76. The van der Waals surface area contributed by atoms with Crippen molar-refractivity contribution in [2.45, 2.75) is 39.5 Å². The van der Waals surface area contributed by atoms with Gasteiger partial charge < -0.3 is 18.6 Å². The van der Waals surface area contributed by atoms with Crippen LogP contribution in [0.1, 0.15) is 31.9 Å². The van der Waals surface area contributed by atoms with Crippen LogP contribution < -0.4 is 14.2 Å². The summed E-state index contributed by atoms with van der Waals surface area (Å²) in [7, 11) is 1.92. The number of ether oxygens (including phenoxy) is 3. The molecule has 2 aromatic carbocycles. The van der Waals surface area contributed by atoms with Crippen molar-refractivity contribution in [2.75, 3.05) is 20.8 Å². The molecule has 0 saturated carbocycles. The largest absolute Gasteiger partial charge is 0.497 e. The fourth-order valence-electron chi connectivity index (χ4n) is 3.53. The molecule has 5 nitrogen and oxygen atoms in total. The zero-order chi connectivity index (χ0) is 24.6. The van der Waals surface area contributed by atoms with Crippen LogP contribution >= 0.6 is 0 Å². The maximum atomic E-state index is 10.5.